The largest absolute Gasteiger partial charge is 0.492 e. The number of amides is 1. The molecule has 0 spiro atoms. The maximum Gasteiger partial charge on any atom is 0.277 e. The molecule has 8 nitrogen and oxygen atoms in total. The molecule has 0 fully saturated rings. The van der Waals surface area contributed by atoms with E-state index >= 15 is 0 Å². The van der Waals surface area contributed by atoms with Crippen molar-refractivity contribution < 1.29 is 9.53 Å². The number of nitrogens with zero attached hydrogens (tertiary/aromatic N) is 4. The lowest BCUT2D eigenvalue weighted by atomic mass is 10.2. The summed E-state index contributed by atoms with van der Waals surface area (Å²) in [5.41, 5.74) is 0.917. The van der Waals surface area contributed by atoms with Crippen LogP contribution in [0.1, 0.15) is 21.1 Å². The Balaban J connectivity index is 1.41. The third-order valence-electron chi connectivity index (χ3n) is 4.56. The Hall–Kier alpha value is -3.04. The monoisotopic (exact) mass is 411 g/mol. The van der Waals surface area contributed by atoms with Gasteiger partial charge in [-0.05, 0) is 25.2 Å². The molecule has 1 aromatic carbocycles. The van der Waals surface area contributed by atoms with Crippen molar-refractivity contribution >= 4 is 22.4 Å². The molecular weight excluding hydrogens is 390 g/mol. The summed E-state index contributed by atoms with van der Waals surface area (Å²) in [5, 5.41) is 7.53. The lowest BCUT2D eigenvalue weighted by Gasteiger charge is -2.20. The van der Waals surface area contributed by atoms with Gasteiger partial charge in [-0.3, -0.25) is 14.9 Å². The van der Waals surface area contributed by atoms with Crippen LogP contribution in [0.4, 0.5) is 5.13 Å². The van der Waals surface area contributed by atoms with E-state index in [1.165, 1.54) is 33.0 Å². The maximum atomic E-state index is 12.6. The van der Waals surface area contributed by atoms with Gasteiger partial charge in [0.25, 0.3) is 11.5 Å². The number of hydrogen-bond acceptors (Lipinski definition) is 7. The summed E-state index contributed by atoms with van der Waals surface area (Å²) in [4.78, 5) is 32.6. The predicted octanol–water partition coefficient (Wildman–Crippen LogP) is 2.02. The fourth-order valence-electron chi connectivity index (χ4n) is 3.03. The molecule has 2 aromatic heterocycles. The van der Waals surface area contributed by atoms with E-state index in [1.807, 2.05) is 30.3 Å². The Kier molecular flexibility index (Phi) is 5.68. The number of hydrogen-bond donors (Lipinski definition) is 1. The molecule has 150 valence electrons. The molecule has 1 N–H and O–H groups in total. The molecule has 0 bridgehead atoms. The van der Waals surface area contributed by atoms with Gasteiger partial charge in [0.05, 0.1) is 12.2 Å². The Morgan fingerprint density at radius 2 is 2.07 bits per heavy atom. The molecule has 0 aliphatic carbocycles. The minimum atomic E-state index is -0.387. The number of nitrogens with one attached hydrogen (secondary N) is 1. The number of likely N-dealkylation sites (N-methyl/N-ethyl adjacent to an activating group) is 1. The van der Waals surface area contributed by atoms with E-state index in [1.54, 1.807) is 0 Å². The summed E-state index contributed by atoms with van der Waals surface area (Å²) in [6.07, 6.45) is 0.878. The first-order chi connectivity index (χ1) is 14.1. The summed E-state index contributed by atoms with van der Waals surface area (Å²) in [6, 6.07) is 12.1. The standard InChI is InChI=1S/C20H21N5O3S/c1-24-10-9-15-17(13-24)29-20(21-15)22-19(27)16-7-8-18(26)25(23-16)11-12-28-14-5-3-2-4-6-14/h2-8H,9-13H2,1H3,(H,21,22,27). The van der Waals surface area contributed by atoms with Gasteiger partial charge in [0.15, 0.2) is 5.13 Å². The SMILES string of the molecule is CN1CCc2nc(NC(=O)c3ccc(=O)n(CCOc4ccccc4)n3)sc2C1. The highest BCUT2D eigenvalue weighted by Gasteiger charge is 2.20. The first kappa shape index (κ1) is 19.3. The van der Waals surface area contributed by atoms with E-state index in [0.29, 0.717) is 10.9 Å². The number of ether oxygens (including phenoxy) is 1. The van der Waals surface area contributed by atoms with Crippen LogP contribution in [0.5, 0.6) is 5.75 Å². The Bertz CT molecular complexity index is 1060. The number of carbonyl (C=O) groups is 1. The van der Waals surface area contributed by atoms with Gasteiger partial charge in [0.1, 0.15) is 18.1 Å². The number of carbonyl (C=O) groups excluding carboxylic acids is 1. The molecule has 0 atom stereocenters. The second-order valence-electron chi connectivity index (χ2n) is 6.77. The van der Waals surface area contributed by atoms with Crippen LogP contribution in [-0.4, -0.2) is 45.8 Å². The number of anilines is 1. The number of benzene rings is 1. The lowest BCUT2D eigenvalue weighted by Crippen LogP contribution is -2.28. The zero-order chi connectivity index (χ0) is 20.2. The van der Waals surface area contributed by atoms with Gasteiger partial charge < -0.3 is 9.64 Å². The van der Waals surface area contributed by atoms with E-state index in [4.69, 9.17) is 4.74 Å². The summed E-state index contributed by atoms with van der Waals surface area (Å²) >= 11 is 1.48. The van der Waals surface area contributed by atoms with Crippen LogP contribution in [0.25, 0.3) is 0 Å². The molecule has 3 heterocycles. The number of aromatic nitrogens is 3. The average molecular weight is 411 g/mol. The Morgan fingerprint density at radius 3 is 2.90 bits per heavy atom. The van der Waals surface area contributed by atoms with Crippen LogP contribution in [0.3, 0.4) is 0 Å². The van der Waals surface area contributed by atoms with Crippen molar-refractivity contribution in [3.05, 3.63) is 69.1 Å². The second-order valence-corrected chi connectivity index (χ2v) is 7.86. The Labute approximate surface area is 171 Å². The second kappa shape index (κ2) is 8.54. The van der Waals surface area contributed by atoms with Gasteiger partial charge in [-0.15, -0.1) is 11.3 Å². The average Bonchev–Trinajstić information content (AvgIpc) is 3.11. The molecule has 0 saturated heterocycles. The van der Waals surface area contributed by atoms with E-state index in [2.05, 4.69) is 27.3 Å². The summed E-state index contributed by atoms with van der Waals surface area (Å²) in [6.45, 7) is 2.32. The van der Waals surface area contributed by atoms with Crippen LogP contribution in [-0.2, 0) is 19.5 Å². The highest BCUT2D eigenvalue weighted by Crippen LogP contribution is 2.27. The smallest absolute Gasteiger partial charge is 0.277 e. The molecule has 0 radical (unpaired) electrons. The van der Waals surface area contributed by atoms with Crippen molar-refractivity contribution in [2.75, 3.05) is 25.5 Å². The number of thiazole rings is 1. The van der Waals surface area contributed by atoms with E-state index < -0.39 is 0 Å². The van der Waals surface area contributed by atoms with Gasteiger partial charge in [0.2, 0.25) is 0 Å². The van der Waals surface area contributed by atoms with Crippen molar-refractivity contribution in [3.63, 3.8) is 0 Å². The number of rotatable bonds is 6. The molecule has 4 rings (SSSR count). The van der Waals surface area contributed by atoms with Gasteiger partial charge in [0, 0.05) is 30.5 Å². The van der Waals surface area contributed by atoms with Crippen molar-refractivity contribution in [1.82, 2.24) is 19.7 Å². The minimum absolute atomic E-state index is 0.162. The number of para-hydroxylation sites is 1. The predicted molar refractivity (Wildman–Crippen MR) is 111 cm³/mol. The van der Waals surface area contributed by atoms with Crippen LogP contribution >= 0.6 is 11.3 Å². The quantitative estimate of drug-likeness (QED) is 0.668. The van der Waals surface area contributed by atoms with Crippen molar-refractivity contribution in [2.45, 2.75) is 19.5 Å². The molecule has 3 aromatic rings. The summed E-state index contributed by atoms with van der Waals surface area (Å²) in [7, 11) is 2.07. The normalized spacial score (nSPS) is 13.7. The summed E-state index contributed by atoms with van der Waals surface area (Å²) < 4.78 is 6.84. The number of fused-ring (bicyclic) bond motifs is 1. The fraction of sp³-hybridized carbons (Fsp3) is 0.300. The van der Waals surface area contributed by atoms with Gasteiger partial charge >= 0.3 is 0 Å². The van der Waals surface area contributed by atoms with Crippen molar-refractivity contribution in [1.29, 1.82) is 0 Å². The molecular formula is C20H21N5O3S. The molecule has 1 amide bonds. The Morgan fingerprint density at radius 1 is 1.24 bits per heavy atom. The molecule has 0 unspecified atom stereocenters. The van der Waals surface area contributed by atoms with Crippen LogP contribution in [0.15, 0.2) is 47.3 Å². The lowest BCUT2D eigenvalue weighted by molar-refractivity contribution is 0.101. The highest BCUT2D eigenvalue weighted by atomic mass is 32.1. The van der Waals surface area contributed by atoms with E-state index in [0.717, 1.165) is 25.2 Å². The molecule has 9 heteroatoms. The fourth-order valence-corrected chi connectivity index (χ4v) is 4.12. The van der Waals surface area contributed by atoms with Crippen molar-refractivity contribution in [2.24, 2.45) is 0 Å². The summed E-state index contributed by atoms with van der Waals surface area (Å²) in [5.74, 6) is 0.329. The first-order valence-electron chi connectivity index (χ1n) is 9.33. The topological polar surface area (TPSA) is 89.4 Å². The van der Waals surface area contributed by atoms with Gasteiger partial charge in [-0.25, -0.2) is 9.67 Å². The van der Waals surface area contributed by atoms with Crippen LogP contribution < -0.4 is 15.6 Å². The van der Waals surface area contributed by atoms with E-state index in [9.17, 15) is 9.59 Å². The van der Waals surface area contributed by atoms with Crippen LogP contribution in [0, 0.1) is 0 Å². The van der Waals surface area contributed by atoms with E-state index in [-0.39, 0.29) is 30.3 Å². The maximum absolute atomic E-state index is 12.6. The van der Waals surface area contributed by atoms with Gasteiger partial charge in [-0.2, -0.15) is 5.10 Å². The van der Waals surface area contributed by atoms with Crippen LogP contribution in [0.2, 0.25) is 0 Å². The zero-order valence-corrected chi connectivity index (χ0v) is 16.8. The zero-order valence-electron chi connectivity index (χ0n) is 16.0. The minimum Gasteiger partial charge on any atom is -0.492 e. The van der Waals surface area contributed by atoms with Crippen molar-refractivity contribution in [3.8, 4) is 5.75 Å². The first-order valence-corrected chi connectivity index (χ1v) is 10.1. The van der Waals surface area contributed by atoms with Gasteiger partial charge in [-0.1, -0.05) is 18.2 Å². The molecule has 1 aliphatic heterocycles. The third-order valence-corrected chi connectivity index (χ3v) is 5.55. The molecule has 1 aliphatic rings. The molecule has 29 heavy (non-hydrogen) atoms. The third kappa shape index (κ3) is 4.69. The molecule has 0 saturated carbocycles. The highest BCUT2D eigenvalue weighted by molar-refractivity contribution is 7.15.